The van der Waals surface area contributed by atoms with E-state index >= 15 is 0 Å². The largest absolute Gasteiger partial charge is 0.464 e. The first-order chi connectivity index (χ1) is 9.10. The van der Waals surface area contributed by atoms with Crippen molar-refractivity contribution in [2.45, 2.75) is 37.4 Å². The second-order valence-electron chi connectivity index (χ2n) is 4.86. The smallest absolute Gasteiger partial charge is 0.357 e. The number of thioether (sulfide) groups is 1. The SMILES string of the molecule is COC(=O)c1nc(NCC2(SC)CCCC2)sc1C. The van der Waals surface area contributed by atoms with Crippen LogP contribution in [0, 0.1) is 6.92 Å². The van der Waals surface area contributed by atoms with Gasteiger partial charge >= 0.3 is 5.97 Å². The molecule has 4 nitrogen and oxygen atoms in total. The van der Waals surface area contributed by atoms with E-state index in [2.05, 4.69) is 16.6 Å². The average molecular weight is 300 g/mol. The van der Waals surface area contributed by atoms with Crippen LogP contribution in [-0.4, -0.2) is 35.6 Å². The molecule has 1 aliphatic carbocycles. The summed E-state index contributed by atoms with van der Waals surface area (Å²) in [7, 11) is 1.38. The fourth-order valence-electron chi connectivity index (χ4n) is 2.47. The van der Waals surface area contributed by atoms with Crippen LogP contribution >= 0.6 is 23.1 Å². The number of aryl methyl sites for hydroxylation is 1. The van der Waals surface area contributed by atoms with Gasteiger partial charge < -0.3 is 10.1 Å². The highest BCUT2D eigenvalue weighted by molar-refractivity contribution is 8.00. The highest BCUT2D eigenvalue weighted by Crippen LogP contribution is 2.40. The monoisotopic (exact) mass is 300 g/mol. The van der Waals surface area contributed by atoms with Gasteiger partial charge in [0.05, 0.1) is 7.11 Å². The second kappa shape index (κ2) is 6.13. The lowest BCUT2D eigenvalue weighted by molar-refractivity contribution is 0.0594. The van der Waals surface area contributed by atoms with Gasteiger partial charge in [0.25, 0.3) is 0 Å². The molecule has 0 aliphatic heterocycles. The number of nitrogens with one attached hydrogen (secondary N) is 1. The van der Waals surface area contributed by atoms with Gasteiger partial charge in [-0.15, -0.1) is 11.3 Å². The lowest BCUT2D eigenvalue weighted by atomic mass is 10.1. The number of aromatic nitrogens is 1. The van der Waals surface area contributed by atoms with E-state index in [9.17, 15) is 4.79 Å². The second-order valence-corrected chi connectivity index (χ2v) is 7.34. The van der Waals surface area contributed by atoms with Crippen molar-refractivity contribution in [2.24, 2.45) is 0 Å². The van der Waals surface area contributed by atoms with E-state index in [0.717, 1.165) is 16.6 Å². The highest BCUT2D eigenvalue weighted by Gasteiger charge is 2.33. The minimum absolute atomic E-state index is 0.338. The number of hydrogen-bond donors (Lipinski definition) is 1. The van der Waals surface area contributed by atoms with Crippen molar-refractivity contribution in [3.8, 4) is 0 Å². The van der Waals surface area contributed by atoms with Crippen molar-refractivity contribution in [3.05, 3.63) is 10.6 Å². The normalized spacial score (nSPS) is 17.4. The zero-order valence-electron chi connectivity index (χ0n) is 11.6. The maximum absolute atomic E-state index is 11.5. The van der Waals surface area contributed by atoms with Crippen LogP contribution < -0.4 is 5.32 Å². The van der Waals surface area contributed by atoms with Crippen LogP contribution in [0.3, 0.4) is 0 Å². The van der Waals surface area contributed by atoms with Crippen LogP contribution in [0.15, 0.2) is 0 Å². The summed E-state index contributed by atoms with van der Waals surface area (Å²) in [5.74, 6) is -0.359. The van der Waals surface area contributed by atoms with Crippen LogP contribution in [0.1, 0.15) is 41.0 Å². The Morgan fingerprint density at radius 3 is 2.79 bits per heavy atom. The van der Waals surface area contributed by atoms with Gasteiger partial charge in [-0.3, -0.25) is 0 Å². The molecule has 0 spiro atoms. The number of rotatable bonds is 5. The van der Waals surface area contributed by atoms with Crippen LogP contribution in [0.25, 0.3) is 0 Å². The summed E-state index contributed by atoms with van der Waals surface area (Å²) in [6.45, 7) is 2.82. The molecular formula is C13H20N2O2S2. The molecule has 0 amide bonds. The van der Waals surface area contributed by atoms with Gasteiger partial charge in [-0.2, -0.15) is 11.8 Å². The number of carbonyl (C=O) groups is 1. The number of esters is 1. The molecule has 1 aromatic heterocycles. The van der Waals surface area contributed by atoms with E-state index in [1.807, 2.05) is 18.7 Å². The first-order valence-electron chi connectivity index (χ1n) is 6.45. The Hall–Kier alpha value is -0.750. The van der Waals surface area contributed by atoms with Crippen molar-refractivity contribution in [1.82, 2.24) is 4.98 Å². The number of ether oxygens (including phenoxy) is 1. The highest BCUT2D eigenvalue weighted by atomic mass is 32.2. The minimum atomic E-state index is -0.359. The van der Waals surface area contributed by atoms with Gasteiger partial charge in [-0.25, -0.2) is 9.78 Å². The molecule has 1 saturated carbocycles. The number of carbonyl (C=O) groups excluding carboxylic acids is 1. The maximum Gasteiger partial charge on any atom is 0.357 e. The lowest BCUT2D eigenvalue weighted by Crippen LogP contribution is -2.29. The summed E-state index contributed by atoms with van der Waals surface area (Å²) < 4.78 is 5.06. The van der Waals surface area contributed by atoms with Gasteiger partial charge in [0.1, 0.15) is 0 Å². The van der Waals surface area contributed by atoms with Gasteiger partial charge in [0, 0.05) is 16.2 Å². The van der Waals surface area contributed by atoms with E-state index in [1.54, 1.807) is 0 Å². The number of methoxy groups -OCH3 is 1. The number of anilines is 1. The fourth-order valence-corrected chi connectivity index (χ4v) is 4.18. The Labute approximate surface area is 122 Å². The molecule has 1 aliphatic rings. The van der Waals surface area contributed by atoms with E-state index in [0.29, 0.717) is 10.4 Å². The van der Waals surface area contributed by atoms with Gasteiger partial charge in [0.15, 0.2) is 10.8 Å². The van der Waals surface area contributed by atoms with Crippen molar-refractivity contribution < 1.29 is 9.53 Å². The van der Waals surface area contributed by atoms with Gasteiger partial charge in [0.2, 0.25) is 0 Å². The molecule has 1 aromatic rings. The number of thiazole rings is 1. The molecule has 0 unspecified atom stereocenters. The predicted molar refractivity (Wildman–Crippen MR) is 81.4 cm³/mol. The third kappa shape index (κ3) is 3.23. The molecule has 0 radical (unpaired) electrons. The topological polar surface area (TPSA) is 51.2 Å². The van der Waals surface area contributed by atoms with Crippen molar-refractivity contribution >= 4 is 34.2 Å². The van der Waals surface area contributed by atoms with Crippen LogP contribution in [-0.2, 0) is 4.74 Å². The van der Waals surface area contributed by atoms with Crippen molar-refractivity contribution in [1.29, 1.82) is 0 Å². The quantitative estimate of drug-likeness (QED) is 0.845. The minimum Gasteiger partial charge on any atom is -0.464 e. The van der Waals surface area contributed by atoms with E-state index < -0.39 is 0 Å². The summed E-state index contributed by atoms with van der Waals surface area (Å²) >= 11 is 3.46. The Bertz CT molecular complexity index is 453. The molecule has 19 heavy (non-hydrogen) atoms. The van der Waals surface area contributed by atoms with Crippen LogP contribution in [0.4, 0.5) is 5.13 Å². The Balaban J connectivity index is 2.02. The third-order valence-electron chi connectivity index (χ3n) is 3.68. The van der Waals surface area contributed by atoms with Gasteiger partial charge in [-0.05, 0) is 26.0 Å². The Morgan fingerprint density at radius 2 is 2.21 bits per heavy atom. The number of hydrogen-bond acceptors (Lipinski definition) is 6. The van der Waals surface area contributed by atoms with E-state index in [-0.39, 0.29) is 5.97 Å². The van der Waals surface area contributed by atoms with Gasteiger partial charge in [-0.1, -0.05) is 12.8 Å². The van der Waals surface area contributed by atoms with Crippen molar-refractivity contribution in [3.63, 3.8) is 0 Å². The first-order valence-corrected chi connectivity index (χ1v) is 8.49. The van der Waals surface area contributed by atoms with Crippen LogP contribution in [0.5, 0.6) is 0 Å². The fraction of sp³-hybridized carbons (Fsp3) is 0.692. The molecule has 106 valence electrons. The van der Waals surface area contributed by atoms with E-state index in [4.69, 9.17) is 4.74 Å². The van der Waals surface area contributed by atoms with E-state index in [1.165, 1.54) is 44.1 Å². The third-order valence-corrected chi connectivity index (χ3v) is 6.03. The predicted octanol–water partition coefficient (Wildman–Crippen LogP) is 3.33. The average Bonchev–Trinajstić information content (AvgIpc) is 3.03. The first kappa shape index (κ1) is 14.7. The molecule has 1 fully saturated rings. The molecule has 0 saturated heterocycles. The molecular weight excluding hydrogens is 280 g/mol. The lowest BCUT2D eigenvalue weighted by Gasteiger charge is -2.26. The Morgan fingerprint density at radius 1 is 1.53 bits per heavy atom. The Kier molecular flexibility index (Phi) is 4.73. The van der Waals surface area contributed by atoms with Crippen LogP contribution in [0.2, 0.25) is 0 Å². The molecule has 1 N–H and O–H groups in total. The molecule has 2 rings (SSSR count). The summed E-state index contributed by atoms with van der Waals surface area (Å²) in [4.78, 5) is 16.7. The van der Waals surface area contributed by atoms with Crippen molar-refractivity contribution in [2.75, 3.05) is 25.2 Å². The summed E-state index contributed by atoms with van der Waals surface area (Å²) in [5.41, 5.74) is 0.430. The number of nitrogens with zero attached hydrogens (tertiary/aromatic N) is 1. The zero-order chi connectivity index (χ0) is 13.9. The summed E-state index contributed by atoms with van der Waals surface area (Å²) in [5, 5.41) is 4.22. The standard InChI is InChI=1S/C13H20N2O2S2/c1-9-10(11(16)17-2)15-12(19-9)14-8-13(18-3)6-4-5-7-13/h4-8H2,1-3H3,(H,14,15). The molecule has 0 atom stereocenters. The summed E-state index contributed by atoms with van der Waals surface area (Å²) in [6, 6.07) is 0. The molecule has 6 heteroatoms. The maximum atomic E-state index is 11.5. The zero-order valence-corrected chi connectivity index (χ0v) is 13.2. The molecule has 0 bridgehead atoms. The molecule has 0 aromatic carbocycles. The summed E-state index contributed by atoms with van der Waals surface area (Å²) in [6.07, 6.45) is 7.32. The molecule has 1 heterocycles.